The van der Waals surface area contributed by atoms with E-state index < -0.39 is 28.1 Å². The molecule has 128 valence electrons. The van der Waals surface area contributed by atoms with Gasteiger partial charge in [-0.1, -0.05) is 22.6 Å². The van der Waals surface area contributed by atoms with Gasteiger partial charge in [-0.15, -0.1) is 0 Å². The molecule has 1 heterocycles. The second-order valence-electron chi connectivity index (χ2n) is 6.74. The number of alkyl halides is 2. The lowest BCUT2D eigenvalue weighted by molar-refractivity contribution is -0.122. The predicted molar refractivity (Wildman–Crippen MR) is 89.4 cm³/mol. The Morgan fingerprint density at radius 1 is 1.35 bits per heavy atom. The lowest BCUT2D eigenvalue weighted by atomic mass is 9.98. The van der Waals surface area contributed by atoms with E-state index in [1.807, 2.05) is 20.8 Å². The molecule has 6 heteroatoms. The monoisotopic (exact) mass is 343 g/mol. The van der Waals surface area contributed by atoms with E-state index in [1.165, 1.54) is 12.1 Å². The van der Waals surface area contributed by atoms with Gasteiger partial charge in [-0.05, 0) is 46.6 Å². The van der Waals surface area contributed by atoms with Gasteiger partial charge in [0.25, 0.3) is 5.92 Å². The minimum Gasteiger partial charge on any atom is -0.591 e. The van der Waals surface area contributed by atoms with E-state index in [1.54, 1.807) is 19.1 Å². The van der Waals surface area contributed by atoms with Crippen LogP contribution in [0.15, 0.2) is 28.7 Å². The number of hydrogen-bond acceptors (Lipinski definition) is 3. The number of ether oxygens (including phenoxy) is 1. The van der Waals surface area contributed by atoms with E-state index in [2.05, 4.69) is 4.40 Å². The molecule has 0 saturated carbocycles. The average molecular weight is 343 g/mol. The first-order valence-corrected chi connectivity index (χ1v) is 8.80. The maximum Gasteiger partial charge on any atom is 0.298 e. The lowest BCUT2D eigenvalue weighted by Crippen LogP contribution is -2.30. The third-order valence-corrected chi connectivity index (χ3v) is 5.23. The Balaban J connectivity index is 2.27. The summed E-state index contributed by atoms with van der Waals surface area (Å²) in [5.41, 5.74) is 0.957. The summed E-state index contributed by atoms with van der Waals surface area (Å²) in [4.78, 5) is 0. The van der Waals surface area contributed by atoms with E-state index in [-0.39, 0.29) is 5.56 Å². The molecule has 1 saturated heterocycles. The van der Waals surface area contributed by atoms with Gasteiger partial charge < -0.3 is 9.29 Å². The van der Waals surface area contributed by atoms with Crippen molar-refractivity contribution < 1.29 is 18.1 Å². The summed E-state index contributed by atoms with van der Waals surface area (Å²) in [6.45, 7) is 7.53. The molecule has 0 unspecified atom stereocenters. The zero-order chi connectivity index (χ0) is 17.3. The highest BCUT2D eigenvalue weighted by molar-refractivity contribution is 7.91. The predicted octanol–water partition coefficient (Wildman–Crippen LogP) is 4.23. The Morgan fingerprint density at radius 2 is 2.04 bits per heavy atom. The third kappa shape index (κ3) is 4.31. The number of halogens is 2. The summed E-state index contributed by atoms with van der Waals surface area (Å²) >= 11 is -1.42. The molecule has 0 aliphatic carbocycles. The van der Waals surface area contributed by atoms with Crippen LogP contribution in [0, 0.1) is 0 Å². The first-order chi connectivity index (χ1) is 10.6. The minimum absolute atomic E-state index is 0.0852. The van der Waals surface area contributed by atoms with Crippen LogP contribution in [-0.2, 0) is 22.0 Å². The first kappa shape index (κ1) is 18.4. The highest BCUT2D eigenvalue weighted by Crippen LogP contribution is 2.38. The Morgan fingerprint density at radius 3 is 2.61 bits per heavy atom. The molecule has 2 rings (SSSR count). The van der Waals surface area contributed by atoms with Crippen LogP contribution in [0.3, 0.4) is 0 Å². The highest BCUT2D eigenvalue weighted by Gasteiger charge is 2.44. The smallest absolute Gasteiger partial charge is 0.298 e. The fraction of sp³-hybridized carbons (Fsp3) is 0.588. The molecule has 0 N–H and O–H groups in total. The maximum absolute atomic E-state index is 14.5. The molecule has 1 aromatic carbocycles. The molecule has 0 bridgehead atoms. The van der Waals surface area contributed by atoms with Crippen LogP contribution in [0.25, 0.3) is 0 Å². The number of benzene rings is 1. The SMILES string of the molecule is CC(=N[S@+]([O-])C(C)(C)C)c1cccc(C(F)(F)[C@H]2CCCO2)c1. The Bertz CT molecular complexity index is 578. The molecule has 0 radical (unpaired) electrons. The molecule has 1 aromatic rings. The summed E-state index contributed by atoms with van der Waals surface area (Å²) in [5.74, 6) is -3.03. The lowest BCUT2D eigenvalue weighted by Gasteiger charge is -2.23. The van der Waals surface area contributed by atoms with Gasteiger partial charge in [-0.3, -0.25) is 0 Å². The van der Waals surface area contributed by atoms with Crippen molar-refractivity contribution in [3.05, 3.63) is 35.4 Å². The largest absolute Gasteiger partial charge is 0.591 e. The van der Waals surface area contributed by atoms with E-state index in [4.69, 9.17) is 4.74 Å². The van der Waals surface area contributed by atoms with Crippen molar-refractivity contribution in [2.24, 2.45) is 4.40 Å². The summed E-state index contributed by atoms with van der Waals surface area (Å²) in [6, 6.07) is 6.10. The average Bonchev–Trinajstić information content (AvgIpc) is 3.01. The summed E-state index contributed by atoms with van der Waals surface area (Å²) < 4.78 is 50.0. The van der Waals surface area contributed by atoms with Crippen LogP contribution in [0.2, 0.25) is 0 Å². The zero-order valence-electron chi connectivity index (χ0n) is 13.9. The fourth-order valence-corrected chi connectivity index (χ4v) is 2.94. The minimum atomic E-state index is -3.03. The van der Waals surface area contributed by atoms with E-state index in [9.17, 15) is 13.3 Å². The molecule has 0 spiro atoms. The molecular weight excluding hydrogens is 320 g/mol. The molecular formula is C17H23F2NO2S. The molecule has 1 aliphatic rings. The van der Waals surface area contributed by atoms with Crippen LogP contribution >= 0.6 is 0 Å². The maximum atomic E-state index is 14.5. The van der Waals surface area contributed by atoms with Crippen LogP contribution in [0.4, 0.5) is 8.78 Å². The van der Waals surface area contributed by atoms with E-state index >= 15 is 0 Å². The number of nitrogens with zero attached hydrogens (tertiary/aromatic N) is 1. The molecule has 23 heavy (non-hydrogen) atoms. The third-order valence-electron chi connectivity index (χ3n) is 3.74. The van der Waals surface area contributed by atoms with Crippen molar-refractivity contribution in [3.63, 3.8) is 0 Å². The molecule has 1 aliphatic heterocycles. The van der Waals surface area contributed by atoms with Crippen LogP contribution in [0.1, 0.15) is 51.7 Å². The van der Waals surface area contributed by atoms with E-state index in [0.717, 1.165) is 0 Å². The van der Waals surface area contributed by atoms with E-state index in [0.29, 0.717) is 30.7 Å². The van der Waals surface area contributed by atoms with Gasteiger partial charge in [0.15, 0.2) is 0 Å². The van der Waals surface area contributed by atoms with Gasteiger partial charge in [0.2, 0.25) is 0 Å². The van der Waals surface area contributed by atoms with Gasteiger partial charge >= 0.3 is 0 Å². The Kier molecular flexibility index (Phi) is 5.48. The van der Waals surface area contributed by atoms with Gasteiger partial charge in [-0.2, -0.15) is 8.78 Å². The van der Waals surface area contributed by atoms with Crippen molar-refractivity contribution in [1.29, 1.82) is 0 Å². The van der Waals surface area contributed by atoms with Crippen molar-refractivity contribution in [3.8, 4) is 0 Å². The summed E-state index contributed by atoms with van der Waals surface area (Å²) in [7, 11) is 0. The molecule has 2 atom stereocenters. The van der Waals surface area contributed by atoms with Crippen LogP contribution in [-0.4, -0.2) is 27.7 Å². The Labute approximate surface area is 139 Å². The molecule has 3 nitrogen and oxygen atoms in total. The van der Waals surface area contributed by atoms with Crippen molar-refractivity contribution in [2.75, 3.05) is 6.61 Å². The number of rotatable bonds is 4. The summed E-state index contributed by atoms with van der Waals surface area (Å²) in [5, 5.41) is 0. The van der Waals surface area contributed by atoms with Gasteiger partial charge in [0.05, 0.1) is 5.71 Å². The molecule has 0 amide bonds. The molecule has 1 fully saturated rings. The van der Waals surface area contributed by atoms with Gasteiger partial charge in [-0.25, -0.2) is 0 Å². The van der Waals surface area contributed by atoms with Crippen molar-refractivity contribution in [1.82, 2.24) is 0 Å². The summed E-state index contributed by atoms with van der Waals surface area (Å²) in [6.07, 6.45) is -0.0534. The van der Waals surface area contributed by atoms with Crippen molar-refractivity contribution >= 4 is 17.1 Å². The standard InChI is InChI=1S/C17H23F2NO2S/c1-12(20-23(21)16(2,3)4)13-7-5-8-14(11-13)17(18,19)15-9-6-10-22-15/h5,7-8,11,15H,6,9-10H2,1-4H3/t15-,23-/m1/s1. The Hall–Kier alpha value is -0.980. The first-order valence-electron chi connectivity index (χ1n) is 7.70. The topological polar surface area (TPSA) is 44.7 Å². The fourth-order valence-electron chi connectivity index (χ4n) is 2.32. The van der Waals surface area contributed by atoms with Gasteiger partial charge in [0, 0.05) is 17.7 Å². The van der Waals surface area contributed by atoms with Gasteiger partial charge in [0.1, 0.15) is 22.2 Å². The second-order valence-corrected chi connectivity index (χ2v) is 8.65. The zero-order valence-corrected chi connectivity index (χ0v) is 14.8. The highest BCUT2D eigenvalue weighted by atomic mass is 32.2. The number of hydrogen-bond donors (Lipinski definition) is 0. The normalized spacial score (nSPS) is 21.5. The van der Waals surface area contributed by atoms with Crippen molar-refractivity contribution in [2.45, 2.75) is 57.3 Å². The quantitative estimate of drug-likeness (QED) is 0.607. The van der Waals surface area contributed by atoms with Crippen LogP contribution in [0.5, 0.6) is 0 Å². The molecule has 0 aromatic heterocycles. The van der Waals surface area contributed by atoms with Crippen LogP contribution < -0.4 is 0 Å². The second kappa shape index (κ2) is 6.87.